The Hall–Kier alpha value is -2.03. The van der Waals surface area contributed by atoms with E-state index in [1.165, 1.54) is 10.8 Å². The van der Waals surface area contributed by atoms with Gasteiger partial charge in [0.25, 0.3) is 0 Å². The number of fused-ring (bicyclic) bond motifs is 3. The second-order valence-corrected chi connectivity index (χ2v) is 3.18. The highest BCUT2D eigenvalue weighted by Crippen LogP contribution is 2.26. The van der Waals surface area contributed by atoms with Crippen LogP contribution in [-0.4, -0.2) is 6.21 Å². The molecule has 0 spiro atoms. The van der Waals surface area contributed by atoms with Crippen LogP contribution in [0.5, 0.6) is 0 Å². The van der Waals surface area contributed by atoms with Crippen molar-refractivity contribution in [3.05, 3.63) is 42.0 Å². The fourth-order valence-corrected chi connectivity index (χ4v) is 1.68. The zero-order valence-electron chi connectivity index (χ0n) is 7.40. The van der Waals surface area contributed by atoms with Crippen LogP contribution in [0.2, 0.25) is 0 Å². The van der Waals surface area contributed by atoms with Gasteiger partial charge in [0.1, 0.15) is 0 Å². The normalized spacial score (nSPS) is 13.1. The van der Waals surface area contributed by atoms with E-state index in [4.69, 9.17) is 4.94 Å². The van der Waals surface area contributed by atoms with Crippen LogP contribution >= 0.6 is 0 Å². The number of nitrogens with zero attached hydrogens (tertiary/aromatic N) is 1. The molecule has 2 aromatic carbocycles. The van der Waals surface area contributed by atoms with E-state index in [-0.39, 0.29) is 0 Å². The number of rotatable bonds is 0. The first-order chi connectivity index (χ1) is 6.95. The van der Waals surface area contributed by atoms with Gasteiger partial charge in [-0.25, -0.2) is 0 Å². The lowest BCUT2D eigenvalue weighted by atomic mass is 10.0. The maximum absolute atomic E-state index is 4.76. The number of hydrogen-bond acceptors (Lipinski definition) is 3. The lowest BCUT2D eigenvalue weighted by Gasteiger charge is -2.12. The van der Waals surface area contributed by atoms with Crippen molar-refractivity contribution in [2.75, 3.05) is 5.48 Å². The summed E-state index contributed by atoms with van der Waals surface area (Å²) in [7, 11) is 0. The topological polar surface area (TPSA) is 33.6 Å². The molecule has 0 unspecified atom stereocenters. The van der Waals surface area contributed by atoms with E-state index in [1.54, 1.807) is 6.21 Å². The molecule has 0 atom stereocenters. The second-order valence-electron chi connectivity index (χ2n) is 3.18. The highest BCUT2D eigenvalue weighted by atomic mass is 16.8. The van der Waals surface area contributed by atoms with E-state index < -0.39 is 0 Å². The Kier molecular flexibility index (Phi) is 1.44. The predicted octanol–water partition coefficient (Wildman–Crippen LogP) is 2.53. The molecule has 0 saturated carbocycles. The fourth-order valence-electron chi connectivity index (χ4n) is 1.68. The van der Waals surface area contributed by atoms with Crippen molar-refractivity contribution >= 4 is 22.7 Å². The van der Waals surface area contributed by atoms with E-state index in [2.05, 4.69) is 28.8 Å². The Bertz CT molecular complexity index is 520. The lowest BCUT2D eigenvalue weighted by Crippen LogP contribution is -2.05. The van der Waals surface area contributed by atoms with Crippen molar-refractivity contribution in [1.82, 2.24) is 0 Å². The molecule has 68 valence electrons. The first-order valence-corrected chi connectivity index (χ1v) is 4.42. The largest absolute Gasteiger partial charge is 0.271 e. The summed E-state index contributed by atoms with van der Waals surface area (Å²) in [4.78, 5) is 4.76. The Morgan fingerprint density at radius 1 is 1.07 bits per heavy atom. The van der Waals surface area contributed by atoms with Crippen LogP contribution < -0.4 is 5.48 Å². The third kappa shape index (κ3) is 0.956. The summed E-state index contributed by atoms with van der Waals surface area (Å²) in [5.74, 6) is 0. The van der Waals surface area contributed by atoms with Gasteiger partial charge < -0.3 is 0 Å². The Morgan fingerprint density at radius 3 is 3.00 bits per heavy atom. The van der Waals surface area contributed by atoms with E-state index in [9.17, 15) is 0 Å². The van der Waals surface area contributed by atoms with Crippen molar-refractivity contribution in [2.24, 2.45) is 5.16 Å². The number of benzene rings is 2. The molecular formula is C11H8N2O. The maximum atomic E-state index is 4.76. The molecule has 3 rings (SSSR count). The molecule has 3 heteroatoms. The minimum Gasteiger partial charge on any atom is -0.271 e. The number of oxime groups is 1. The molecule has 0 amide bonds. The van der Waals surface area contributed by atoms with E-state index in [1.807, 2.05) is 18.2 Å². The molecule has 1 heterocycles. The van der Waals surface area contributed by atoms with Gasteiger partial charge in [-0.1, -0.05) is 35.5 Å². The van der Waals surface area contributed by atoms with Gasteiger partial charge in [0.15, 0.2) is 0 Å². The number of nitrogens with one attached hydrogen (secondary N) is 1. The summed E-state index contributed by atoms with van der Waals surface area (Å²) in [5, 5.41) is 6.13. The van der Waals surface area contributed by atoms with Gasteiger partial charge >= 0.3 is 0 Å². The summed E-state index contributed by atoms with van der Waals surface area (Å²) >= 11 is 0. The molecule has 1 aliphatic heterocycles. The SMILES string of the molecule is C1=NONc2ccc3ccccc3c21. The molecule has 0 aromatic heterocycles. The predicted molar refractivity (Wildman–Crippen MR) is 56.2 cm³/mol. The first kappa shape index (κ1) is 7.38. The summed E-state index contributed by atoms with van der Waals surface area (Å²) in [6.07, 6.45) is 1.73. The van der Waals surface area contributed by atoms with Crippen LogP contribution in [0.1, 0.15) is 5.56 Å². The molecule has 1 aliphatic rings. The van der Waals surface area contributed by atoms with Gasteiger partial charge in [0.2, 0.25) is 0 Å². The fraction of sp³-hybridized carbons (Fsp3) is 0. The van der Waals surface area contributed by atoms with Crippen molar-refractivity contribution in [3.8, 4) is 0 Å². The molecule has 0 fully saturated rings. The van der Waals surface area contributed by atoms with Crippen molar-refractivity contribution in [3.63, 3.8) is 0 Å². The Balaban J connectivity index is 2.42. The molecule has 14 heavy (non-hydrogen) atoms. The molecule has 3 nitrogen and oxygen atoms in total. The molecule has 0 saturated heterocycles. The second kappa shape index (κ2) is 2.73. The highest BCUT2D eigenvalue weighted by molar-refractivity contribution is 6.05. The number of anilines is 1. The maximum Gasteiger partial charge on any atom is 0.0836 e. The van der Waals surface area contributed by atoms with E-state index >= 15 is 0 Å². The summed E-state index contributed by atoms with van der Waals surface area (Å²) in [5.41, 5.74) is 4.79. The Labute approximate surface area is 80.9 Å². The van der Waals surface area contributed by atoms with E-state index in [0.29, 0.717) is 0 Å². The third-order valence-electron chi connectivity index (χ3n) is 2.36. The van der Waals surface area contributed by atoms with Crippen molar-refractivity contribution in [2.45, 2.75) is 0 Å². The lowest BCUT2D eigenvalue weighted by molar-refractivity contribution is 0.207. The molecule has 0 bridgehead atoms. The van der Waals surface area contributed by atoms with Gasteiger partial charge in [-0.3, -0.25) is 4.94 Å². The van der Waals surface area contributed by atoms with Gasteiger partial charge in [-0.05, 0) is 16.8 Å². The van der Waals surface area contributed by atoms with Crippen LogP contribution in [-0.2, 0) is 4.94 Å². The average Bonchev–Trinajstić information content (AvgIpc) is 2.29. The zero-order chi connectivity index (χ0) is 9.38. The smallest absolute Gasteiger partial charge is 0.0836 e. The highest BCUT2D eigenvalue weighted by Gasteiger charge is 2.08. The van der Waals surface area contributed by atoms with Crippen LogP contribution in [0.4, 0.5) is 5.69 Å². The molecule has 1 N–H and O–H groups in total. The zero-order valence-corrected chi connectivity index (χ0v) is 7.40. The summed E-state index contributed by atoms with van der Waals surface area (Å²) in [6, 6.07) is 12.3. The van der Waals surface area contributed by atoms with Gasteiger partial charge in [-0.15, -0.1) is 0 Å². The quantitative estimate of drug-likeness (QED) is 0.682. The van der Waals surface area contributed by atoms with Crippen LogP contribution in [0.3, 0.4) is 0 Å². The van der Waals surface area contributed by atoms with Crippen LogP contribution in [0.25, 0.3) is 10.8 Å². The summed E-state index contributed by atoms with van der Waals surface area (Å²) in [6.45, 7) is 0. The van der Waals surface area contributed by atoms with E-state index in [0.717, 1.165) is 11.3 Å². The first-order valence-electron chi connectivity index (χ1n) is 4.42. The third-order valence-corrected chi connectivity index (χ3v) is 2.36. The molecule has 0 radical (unpaired) electrons. The minimum atomic E-state index is 0.957. The van der Waals surface area contributed by atoms with Crippen LogP contribution in [0.15, 0.2) is 41.6 Å². The Morgan fingerprint density at radius 2 is 2.00 bits per heavy atom. The molecule has 0 aliphatic carbocycles. The van der Waals surface area contributed by atoms with Crippen LogP contribution in [0, 0.1) is 0 Å². The van der Waals surface area contributed by atoms with Gasteiger partial charge in [0.05, 0.1) is 11.9 Å². The van der Waals surface area contributed by atoms with Gasteiger partial charge in [-0.2, -0.15) is 5.48 Å². The molecule has 2 aromatic rings. The average molecular weight is 184 g/mol. The monoisotopic (exact) mass is 184 g/mol. The van der Waals surface area contributed by atoms with Crippen molar-refractivity contribution in [1.29, 1.82) is 0 Å². The molecular weight excluding hydrogens is 176 g/mol. The minimum absolute atomic E-state index is 0.957. The summed E-state index contributed by atoms with van der Waals surface area (Å²) < 4.78 is 0. The number of hydrogen-bond donors (Lipinski definition) is 1. The van der Waals surface area contributed by atoms with Crippen molar-refractivity contribution < 1.29 is 4.94 Å². The van der Waals surface area contributed by atoms with Gasteiger partial charge in [0, 0.05) is 5.56 Å². The standard InChI is InChI=1S/C11H8N2O/c1-2-4-9-8(3-1)5-6-11-10(9)7-12-14-13-11/h1-7,13H.